The Morgan fingerprint density at radius 2 is 1.83 bits per heavy atom. The zero-order valence-electron chi connectivity index (χ0n) is 7.51. The molecule has 70 valence electrons. The van der Waals surface area contributed by atoms with Crippen molar-refractivity contribution in [1.29, 1.82) is 0 Å². The predicted octanol–water partition coefficient (Wildman–Crippen LogP) is 0.691. The molecule has 0 aromatic rings. The van der Waals surface area contributed by atoms with Crippen LogP contribution in [0.5, 0.6) is 0 Å². The Bertz CT molecular complexity index is 112. The van der Waals surface area contributed by atoms with Crippen molar-refractivity contribution in [1.82, 2.24) is 10.6 Å². The van der Waals surface area contributed by atoms with Crippen LogP contribution in [0.1, 0.15) is 12.8 Å². The fourth-order valence-electron chi connectivity index (χ4n) is 2.10. The summed E-state index contributed by atoms with van der Waals surface area (Å²) in [6.45, 7) is 4.94. The van der Waals surface area contributed by atoms with E-state index in [2.05, 4.69) is 22.4 Å². The normalized spacial score (nSPS) is 33.5. The Kier molecular flexibility index (Phi) is 3.31. The molecule has 1 unspecified atom stereocenters. The zero-order chi connectivity index (χ0) is 8.23. The van der Waals surface area contributed by atoms with Crippen LogP contribution in [0.3, 0.4) is 0 Å². The smallest absolute Gasteiger partial charge is 0.0202 e. The summed E-state index contributed by atoms with van der Waals surface area (Å²) in [7, 11) is 0. The first-order valence-corrected chi connectivity index (χ1v) is 6.05. The van der Waals surface area contributed by atoms with Gasteiger partial charge in [0.25, 0.3) is 0 Å². The van der Waals surface area contributed by atoms with E-state index in [0.29, 0.717) is 0 Å². The van der Waals surface area contributed by atoms with Crippen molar-refractivity contribution in [2.75, 3.05) is 31.9 Å². The molecule has 2 aliphatic rings. The molecule has 0 bridgehead atoms. The molecule has 2 fully saturated rings. The second kappa shape index (κ2) is 4.49. The van der Waals surface area contributed by atoms with Gasteiger partial charge in [-0.2, -0.15) is 11.8 Å². The molecule has 0 radical (unpaired) electrons. The lowest BCUT2D eigenvalue weighted by Crippen LogP contribution is -2.41. The van der Waals surface area contributed by atoms with Gasteiger partial charge in [0.15, 0.2) is 0 Å². The van der Waals surface area contributed by atoms with Gasteiger partial charge < -0.3 is 10.6 Å². The highest BCUT2D eigenvalue weighted by atomic mass is 32.2. The minimum Gasteiger partial charge on any atom is -0.317 e. The maximum Gasteiger partial charge on any atom is 0.0202 e. The van der Waals surface area contributed by atoms with Crippen molar-refractivity contribution in [3.63, 3.8) is 0 Å². The van der Waals surface area contributed by atoms with Crippen molar-refractivity contribution in [2.45, 2.75) is 18.1 Å². The van der Waals surface area contributed by atoms with Crippen LogP contribution in [-0.4, -0.2) is 37.2 Å². The molecule has 2 rings (SSSR count). The van der Waals surface area contributed by atoms with Crippen molar-refractivity contribution in [2.24, 2.45) is 5.92 Å². The lowest BCUT2D eigenvalue weighted by Gasteiger charge is -2.33. The molecule has 2 saturated heterocycles. The minimum atomic E-state index is 0.904. The molecule has 3 heteroatoms. The van der Waals surface area contributed by atoms with Crippen molar-refractivity contribution in [3.8, 4) is 0 Å². The number of hydrogen-bond donors (Lipinski definition) is 2. The third-order valence-corrected chi connectivity index (χ3v) is 4.29. The summed E-state index contributed by atoms with van der Waals surface area (Å²) in [5.74, 6) is 2.29. The van der Waals surface area contributed by atoms with E-state index in [9.17, 15) is 0 Å². The van der Waals surface area contributed by atoms with Gasteiger partial charge in [-0.1, -0.05) is 0 Å². The highest BCUT2D eigenvalue weighted by molar-refractivity contribution is 8.00. The summed E-state index contributed by atoms with van der Waals surface area (Å²) in [5.41, 5.74) is 0. The summed E-state index contributed by atoms with van der Waals surface area (Å²) in [6.07, 6.45) is 2.78. The van der Waals surface area contributed by atoms with Gasteiger partial charge in [0.2, 0.25) is 0 Å². The molecule has 1 atom stereocenters. The average molecular weight is 186 g/mol. The SMILES string of the molecule is C1CC(C2CNCCS2)CCN1. The number of piperidine rings is 1. The Morgan fingerprint density at radius 3 is 2.50 bits per heavy atom. The highest BCUT2D eigenvalue weighted by Gasteiger charge is 2.24. The fourth-order valence-corrected chi connectivity index (χ4v) is 3.45. The first-order chi connectivity index (χ1) is 5.97. The second-order valence-corrected chi connectivity index (χ2v) is 5.05. The van der Waals surface area contributed by atoms with Crippen LogP contribution in [0.25, 0.3) is 0 Å². The topological polar surface area (TPSA) is 24.1 Å². The molecular weight excluding hydrogens is 168 g/mol. The van der Waals surface area contributed by atoms with E-state index in [1.807, 2.05) is 0 Å². The summed E-state index contributed by atoms with van der Waals surface area (Å²) in [5, 5.41) is 7.82. The number of thioether (sulfide) groups is 1. The first kappa shape index (κ1) is 8.85. The zero-order valence-corrected chi connectivity index (χ0v) is 8.33. The van der Waals surface area contributed by atoms with Gasteiger partial charge in [-0.15, -0.1) is 0 Å². The Morgan fingerprint density at radius 1 is 1.00 bits per heavy atom. The van der Waals surface area contributed by atoms with Crippen LogP contribution >= 0.6 is 11.8 Å². The third kappa shape index (κ3) is 2.15. The summed E-state index contributed by atoms with van der Waals surface area (Å²) < 4.78 is 0. The van der Waals surface area contributed by atoms with Crippen molar-refractivity contribution >= 4 is 11.8 Å². The molecule has 0 aromatic heterocycles. The van der Waals surface area contributed by atoms with E-state index >= 15 is 0 Å². The van der Waals surface area contributed by atoms with Crippen LogP contribution in [-0.2, 0) is 0 Å². The highest BCUT2D eigenvalue weighted by Crippen LogP contribution is 2.27. The fraction of sp³-hybridized carbons (Fsp3) is 1.00. The largest absolute Gasteiger partial charge is 0.317 e. The van der Waals surface area contributed by atoms with E-state index in [1.54, 1.807) is 0 Å². The molecule has 2 N–H and O–H groups in total. The number of rotatable bonds is 1. The molecule has 0 aromatic carbocycles. The molecule has 0 saturated carbocycles. The molecule has 2 heterocycles. The van der Waals surface area contributed by atoms with Crippen LogP contribution < -0.4 is 10.6 Å². The van der Waals surface area contributed by atoms with E-state index < -0.39 is 0 Å². The second-order valence-electron chi connectivity index (χ2n) is 3.70. The van der Waals surface area contributed by atoms with Crippen molar-refractivity contribution < 1.29 is 0 Å². The van der Waals surface area contributed by atoms with Crippen molar-refractivity contribution in [3.05, 3.63) is 0 Å². The molecule has 12 heavy (non-hydrogen) atoms. The Hall–Kier alpha value is 0.270. The molecular formula is C9H18N2S. The van der Waals surface area contributed by atoms with E-state index in [0.717, 1.165) is 11.2 Å². The van der Waals surface area contributed by atoms with Crippen LogP contribution in [0.2, 0.25) is 0 Å². The van der Waals surface area contributed by atoms with Gasteiger partial charge in [0.05, 0.1) is 0 Å². The van der Waals surface area contributed by atoms with E-state index in [1.165, 1.54) is 44.8 Å². The van der Waals surface area contributed by atoms with Crippen LogP contribution in [0.15, 0.2) is 0 Å². The van der Waals surface area contributed by atoms with E-state index in [-0.39, 0.29) is 0 Å². The monoisotopic (exact) mass is 186 g/mol. The molecule has 0 amide bonds. The quantitative estimate of drug-likeness (QED) is 0.630. The third-order valence-electron chi connectivity index (χ3n) is 2.87. The average Bonchev–Trinajstić information content (AvgIpc) is 2.21. The van der Waals surface area contributed by atoms with Gasteiger partial charge in [0.1, 0.15) is 0 Å². The Balaban J connectivity index is 1.80. The molecule has 2 aliphatic heterocycles. The standard InChI is InChI=1S/C9H18N2S/c1-3-10-4-2-8(1)9-7-11-5-6-12-9/h8-11H,1-7H2. The number of hydrogen-bond acceptors (Lipinski definition) is 3. The summed E-state index contributed by atoms with van der Waals surface area (Å²) in [6, 6.07) is 0. The molecule has 2 nitrogen and oxygen atoms in total. The Labute approximate surface area is 78.9 Å². The van der Waals surface area contributed by atoms with Gasteiger partial charge in [-0.25, -0.2) is 0 Å². The number of nitrogens with one attached hydrogen (secondary N) is 2. The van der Waals surface area contributed by atoms with Gasteiger partial charge in [-0.3, -0.25) is 0 Å². The molecule has 0 aliphatic carbocycles. The summed E-state index contributed by atoms with van der Waals surface area (Å²) in [4.78, 5) is 0. The molecule has 0 spiro atoms. The first-order valence-electron chi connectivity index (χ1n) is 5.00. The maximum atomic E-state index is 3.49. The lowest BCUT2D eigenvalue weighted by molar-refractivity contribution is 0.355. The minimum absolute atomic E-state index is 0.904. The van der Waals surface area contributed by atoms with Gasteiger partial charge in [-0.05, 0) is 31.8 Å². The van der Waals surface area contributed by atoms with E-state index in [4.69, 9.17) is 0 Å². The maximum absolute atomic E-state index is 3.49. The van der Waals surface area contributed by atoms with Gasteiger partial charge >= 0.3 is 0 Å². The van der Waals surface area contributed by atoms with Gasteiger partial charge in [0, 0.05) is 24.1 Å². The predicted molar refractivity (Wildman–Crippen MR) is 54.7 cm³/mol. The lowest BCUT2D eigenvalue weighted by atomic mass is 9.94. The summed E-state index contributed by atoms with van der Waals surface area (Å²) >= 11 is 2.18. The van der Waals surface area contributed by atoms with Crippen LogP contribution in [0, 0.1) is 5.92 Å². The van der Waals surface area contributed by atoms with Crippen LogP contribution in [0.4, 0.5) is 0 Å².